The lowest BCUT2D eigenvalue weighted by atomic mass is 9.89. The second-order valence-corrected chi connectivity index (χ2v) is 6.49. The SMILES string of the molecule is CNC(=O)c1ccc(C(=O)N[C@@H]2C[C@]23CCOc2ccccc23)cn1. The molecule has 1 aliphatic carbocycles. The number of aromatic nitrogens is 1. The van der Waals surface area contributed by atoms with Crippen molar-refractivity contribution < 1.29 is 14.3 Å². The van der Waals surface area contributed by atoms with Crippen LogP contribution in [0.25, 0.3) is 0 Å². The molecule has 4 rings (SSSR count). The molecule has 0 bridgehead atoms. The number of nitrogens with zero attached hydrogens (tertiary/aromatic N) is 1. The van der Waals surface area contributed by atoms with Gasteiger partial charge in [0.1, 0.15) is 11.4 Å². The van der Waals surface area contributed by atoms with Gasteiger partial charge in [-0.25, -0.2) is 0 Å². The molecule has 1 aromatic carbocycles. The number of hydrogen-bond acceptors (Lipinski definition) is 4. The van der Waals surface area contributed by atoms with Crippen LogP contribution in [0, 0.1) is 0 Å². The van der Waals surface area contributed by atoms with E-state index >= 15 is 0 Å². The van der Waals surface area contributed by atoms with Crippen LogP contribution in [0.2, 0.25) is 0 Å². The fraction of sp³-hybridized carbons (Fsp3) is 0.316. The zero-order valence-electron chi connectivity index (χ0n) is 13.9. The number of para-hydroxylation sites is 1. The largest absolute Gasteiger partial charge is 0.493 e. The van der Waals surface area contributed by atoms with Gasteiger partial charge in [0.15, 0.2) is 0 Å². The van der Waals surface area contributed by atoms with Gasteiger partial charge in [0, 0.05) is 30.3 Å². The Bertz CT molecular complexity index is 834. The Morgan fingerprint density at radius 3 is 2.80 bits per heavy atom. The Balaban J connectivity index is 1.48. The molecular weight excluding hydrogens is 318 g/mol. The first-order valence-corrected chi connectivity index (χ1v) is 8.35. The third-order valence-corrected chi connectivity index (χ3v) is 5.10. The molecule has 2 atom stereocenters. The minimum absolute atomic E-state index is 0.0139. The van der Waals surface area contributed by atoms with Gasteiger partial charge in [-0.3, -0.25) is 14.6 Å². The first-order valence-electron chi connectivity index (χ1n) is 8.35. The molecule has 6 heteroatoms. The van der Waals surface area contributed by atoms with Crippen LogP contribution in [-0.2, 0) is 5.41 Å². The van der Waals surface area contributed by atoms with Gasteiger partial charge in [0.2, 0.25) is 0 Å². The number of hydrogen-bond donors (Lipinski definition) is 2. The van der Waals surface area contributed by atoms with Crippen molar-refractivity contribution in [2.24, 2.45) is 0 Å². The highest BCUT2D eigenvalue weighted by molar-refractivity contribution is 5.96. The number of benzene rings is 1. The molecule has 6 nitrogen and oxygen atoms in total. The van der Waals surface area contributed by atoms with Gasteiger partial charge in [-0.2, -0.15) is 0 Å². The molecule has 1 fully saturated rings. The molecule has 25 heavy (non-hydrogen) atoms. The fourth-order valence-electron chi connectivity index (χ4n) is 3.58. The Hall–Kier alpha value is -2.89. The van der Waals surface area contributed by atoms with Crippen LogP contribution in [0.15, 0.2) is 42.6 Å². The number of pyridine rings is 1. The van der Waals surface area contributed by atoms with Gasteiger partial charge in [0.05, 0.1) is 12.2 Å². The van der Waals surface area contributed by atoms with Crippen molar-refractivity contribution in [3.8, 4) is 5.75 Å². The summed E-state index contributed by atoms with van der Waals surface area (Å²) in [4.78, 5) is 28.1. The van der Waals surface area contributed by atoms with Crippen molar-refractivity contribution in [1.29, 1.82) is 0 Å². The number of carbonyl (C=O) groups is 2. The van der Waals surface area contributed by atoms with Crippen LogP contribution in [-0.4, -0.2) is 36.5 Å². The zero-order valence-corrected chi connectivity index (χ0v) is 13.9. The topological polar surface area (TPSA) is 80.3 Å². The molecule has 0 unspecified atom stereocenters. The zero-order chi connectivity index (χ0) is 17.4. The van der Waals surface area contributed by atoms with E-state index in [0.717, 1.165) is 18.6 Å². The van der Waals surface area contributed by atoms with Crippen molar-refractivity contribution in [3.05, 3.63) is 59.4 Å². The van der Waals surface area contributed by atoms with E-state index in [1.807, 2.05) is 18.2 Å². The molecule has 2 aliphatic rings. The fourth-order valence-corrected chi connectivity index (χ4v) is 3.58. The number of carbonyl (C=O) groups excluding carboxylic acids is 2. The average molecular weight is 337 g/mol. The van der Waals surface area contributed by atoms with Gasteiger partial charge in [-0.15, -0.1) is 0 Å². The summed E-state index contributed by atoms with van der Waals surface area (Å²) in [5.41, 5.74) is 1.91. The Kier molecular flexibility index (Phi) is 3.67. The number of ether oxygens (including phenoxy) is 1. The molecule has 2 amide bonds. The van der Waals surface area contributed by atoms with Crippen molar-refractivity contribution in [3.63, 3.8) is 0 Å². The summed E-state index contributed by atoms with van der Waals surface area (Å²) in [5, 5.41) is 5.61. The maximum Gasteiger partial charge on any atom is 0.269 e. The minimum atomic E-state index is -0.271. The van der Waals surface area contributed by atoms with Crippen molar-refractivity contribution in [2.45, 2.75) is 24.3 Å². The smallest absolute Gasteiger partial charge is 0.269 e. The predicted octanol–water partition coefficient (Wildman–Crippen LogP) is 1.66. The molecule has 1 aromatic heterocycles. The monoisotopic (exact) mass is 337 g/mol. The molecule has 0 saturated heterocycles. The molecule has 1 aliphatic heterocycles. The molecule has 2 heterocycles. The molecule has 1 saturated carbocycles. The van der Waals surface area contributed by atoms with Crippen LogP contribution in [0.4, 0.5) is 0 Å². The molecule has 0 radical (unpaired) electrons. The van der Waals surface area contributed by atoms with E-state index in [2.05, 4.69) is 21.7 Å². The number of amides is 2. The summed E-state index contributed by atoms with van der Waals surface area (Å²) in [6.07, 6.45) is 3.26. The highest BCUT2D eigenvalue weighted by atomic mass is 16.5. The maximum absolute atomic E-state index is 12.5. The van der Waals surface area contributed by atoms with Crippen LogP contribution < -0.4 is 15.4 Å². The van der Waals surface area contributed by atoms with Gasteiger partial charge in [-0.05, 0) is 31.0 Å². The maximum atomic E-state index is 12.5. The molecule has 128 valence electrons. The van der Waals surface area contributed by atoms with E-state index < -0.39 is 0 Å². The van der Waals surface area contributed by atoms with E-state index in [9.17, 15) is 9.59 Å². The standard InChI is InChI=1S/C19H19N3O3/c1-20-18(24)14-7-6-12(11-21-14)17(23)22-16-10-19(16)8-9-25-15-5-3-2-4-13(15)19/h2-7,11,16H,8-10H2,1H3,(H,20,24)(H,22,23)/t16-,19+/m1/s1. The van der Waals surface area contributed by atoms with E-state index in [0.29, 0.717) is 17.9 Å². The molecule has 2 N–H and O–H groups in total. The highest BCUT2D eigenvalue weighted by Gasteiger charge is 2.58. The van der Waals surface area contributed by atoms with Crippen LogP contribution in [0.1, 0.15) is 39.3 Å². The lowest BCUT2D eigenvalue weighted by Gasteiger charge is -2.26. The summed E-state index contributed by atoms with van der Waals surface area (Å²) >= 11 is 0. The van der Waals surface area contributed by atoms with Crippen molar-refractivity contribution in [2.75, 3.05) is 13.7 Å². The summed E-state index contributed by atoms with van der Waals surface area (Å²) in [6.45, 7) is 0.672. The summed E-state index contributed by atoms with van der Waals surface area (Å²) in [5.74, 6) is 0.482. The Labute approximate surface area is 145 Å². The van der Waals surface area contributed by atoms with E-state index in [1.54, 1.807) is 19.2 Å². The van der Waals surface area contributed by atoms with Gasteiger partial charge >= 0.3 is 0 Å². The van der Waals surface area contributed by atoms with E-state index in [-0.39, 0.29) is 23.3 Å². The van der Waals surface area contributed by atoms with Crippen LogP contribution in [0.3, 0.4) is 0 Å². The van der Waals surface area contributed by atoms with Gasteiger partial charge in [0.25, 0.3) is 11.8 Å². The number of fused-ring (bicyclic) bond motifs is 2. The number of rotatable bonds is 3. The normalized spacial score (nSPS) is 23.3. The third-order valence-electron chi connectivity index (χ3n) is 5.10. The van der Waals surface area contributed by atoms with Crippen molar-refractivity contribution in [1.82, 2.24) is 15.6 Å². The quantitative estimate of drug-likeness (QED) is 0.893. The minimum Gasteiger partial charge on any atom is -0.493 e. The second-order valence-electron chi connectivity index (χ2n) is 6.49. The Morgan fingerprint density at radius 1 is 1.20 bits per heavy atom. The Morgan fingerprint density at radius 2 is 2.04 bits per heavy atom. The summed E-state index contributed by atoms with van der Waals surface area (Å²) in [7, 11) is 1.54. The molecule has 1 spiro atoms. The lowest BCUT2D eigenvalue weighted by molar-refractivity contribution is 0.0937. The van der Waals surface area contributed by atoms with Crippen molar-refractivity contribution >= 4 is 11.8 Å². The predicted molar refractivity (Wildman–Crippen MR) is 91.7 cm³/mol. The average Bonchev–Trinajstić information content (AvgIpc) is 3.33. The first kappa shape index (κ1) is 15.6. The first-order chi connectivity index (χ1) is 12.1. The van der Waals surface area contributed by atoms with Gasteiger partial charge < -0.3 is 15.4 Å². The highest BCUT2D eigenvalue weighted by Crippen LogP contribution is 2.55. The molecule has 2 aromatic rings. The van der Waals surface area contributed by atoms with Crippen LogP contribution in [0.5, 0.6) is 5.75 Å². The lowest BCUT2D eigenvalue weighted by Crippen LogP contribution is -2.34. The van der Waals surface area contributed by atoms with E-state index in [4.69, 9.17) is 4.74 Å². The van der Waals surface area contributed by atoms with E-state index in [1.165, 1.54) is 11.8 Å². The molecular formula is C19H19N3O3. The number of nitrogens with one attached hydrogen (secondary N) is 2. The summed E-state index contributed by atoms with van der Waals surface area (Å²) < 4.78 is 5.72. The third kappa shape index (κ3) is 2.63. The van der Waals surface area contributed by atoms with Gasteiger partial charge in [-0.1, -0.05) is 18.2 Å². The van der Waals surface area contributed by atoms with Crippen LogP contribution >= 0.6 is 0 Å². The summed E-state index contributed by atoms with van der Waals surface area (Å²) in [6, 6.07) is 11.3. The second kappa shape index (κ2) is 5.88.